The minimum Gasteiger partial charge on any atom is -0.493 e. The largest absolute Gasteiger partial charge is 0.493 e. The summed E-state index contributed by atoms with van der Waals surface area (Å²) < 4.78 is 5.58. The molecule has 0 saturated carbocycles. The Kier molecular flexibility index (Phi) is 3.58. The summed E-state index contributed by atoms with van der Waals surface area (Å²) in [5, 5.41) is 12.9. The van der Waals surface area contributed by atoms with E-state index in [2.05, 4.69) is 22.9 Å². The van der Waals surface area contributed by atoms with Gasteiger partial charge in [-0.15, -0.1) is 0 Å². The molecule has 0 N–H and O–H groups in total. The maximum atomic E-state index is 8.73. The second kappa shape index (κ2) is 5.34. The first-order chi connectivity index (χ1) is 7.88. The van der Waals surface area contributed by atoms with Crippen LogP contribution in [0.3, 0.4) is 0 Å². The molecule has 1 aromatic heterocycles. The van der Waals surface area contributed by atoms with Crippen molar-refractivity contribution in [1.29, 1.82) is 5.26 Å². The van der Waals surface area contributed by atoms with E-state index in [1.165, 1.54) is 5.56 Å². The van der Waals surface area contributed by atoms with Crippen LogP contribution in [-0.4, -0.2) is 6.61 Å². The molecule has 0 atom stereocenters. The molecule has 2 aromatic rings. The minimum atomic E-state index is 0.632. The molecule has 1 aromatic carbocycles. The molecule has 0 fully saturated rings. The highest BCUT2D eigenvalue weighted by Crippen LogP contribution is 2.13. The number of rotatable bonds is 4. The molecule has 2 rings (SSSR count). The Morgan fingerprint density at radius 2 is 2.25 bits per heavy atom. The Balaban J connectivity index is 1.88. The van der Waals surface area contributed by atoms with E-state index in [0.29, 0.717) is 12.2 Å². The first-order valence-corrected chi connectivity index (χ1v) is 5.97. The van der Waals surface area contributed by atoms with E-state index < -0.39 is 0 Å². The summed E-state index contributed by atoms with van der Waals surface area (Å²) >= 11 is 1.69. The van der Waals surface area contributed by atoms with E-state index >= 15 is 0 Å². The lowest BCUT2D eigenvalue weighted by Crippen LogP contribution is -2.00. The number of thiophene rings is 1. The van der Waals surface area contributed by atoms with Crippen LogP contribution >= 0.6 is 11.3 Å². The van der Waals surface area contributed by atoms with Crippen molar-refractivity contribution >= 4 is 11.3 Å². The summed E-state index contributed by atoms with van der Waals surface area (Å²) in [4.78, 5) is 0. The van der Waals surface area contributed by atoms with Crippen LogP contribution in [0.25, 0.3) is 0 Å². The second-order valence-corrected chi connectivity index (χ2v) is 4.15. The van der Waals surface area contributed by atoms with Crippen LogP contribution in [0.15, 0.2) is 41.1 Å². The Morgan fingerprint density at radius 3 is 3.00 bits per heavy atom. The standard InChI is InChI=1S/C13H11NOS/c14-9-12-2-1-3-13(8-12)15-6-4-11-5-7-16-10-11/h1-3,5,7-8,10H,4,6H2. The number of hydrogen-bond acceptors (Lipinski definition) is 3. The molecule has 0 aliphatic heterocycles. The van der Waals surface area contributed by atoms with Gasteiger partial charge >= 0.3 is 0 Å². The van der Waals surface area contributed by atoms with Crippen molar-refractivity contribution in [3.05, 3.63) is 52.2 Å². The quantitative estimate of drug-likeness (QED) is 0.806. The fourth-order valence-electron chi connectivity index (χ4n) is 1.38. The smallest absolute Gasteiger partial charge is 0.120 e. The van der Waals surface area contributed by atoms with Crippen molar-refractivity contribution in [1.82, 2.24) is 0 Å². The molecule has 80 valence electrons. The van der Waals surface area contributed by atoms with Gasteiger partial charge in [0.15, 0.2) is 0 Å². The molecule has 0 aliphatic rings. The highest BCUT2D eigenvalue weighted by atomic mass is 32.1. The first-order valence-electron chi connectivity index (χ1n) is 5.02. The van der Waals surface area contributed by atoms with Crippen molar-refractivity contribution in [3.63, 3.8) is 0 Å². The van der Waals surface area contributed by atoms with E-state index in [0.717, 1.165) is 12.2 Å². The van der Waals surface area contributed by atoms with Gasteiger partial charge in [-0.05, 0) is 40.6 Å². The molecular weight excluding hydrogens is 218 g/mol. The van der Waals surface area contributed by atoms with Gasteiger partial charge in [0.05, 0.1) is 18.2 Å². The second-order valence-electron chi connectivity index (χ2n) is 3.37. The summed E-state index contributed by atoms with van der Waals surface area (Å²) in [7, 11) is 0. The van der Waals surface area contributed by atoms with Crippen molar-refractivity contribution in [2.75, 3.05) is 6.61 Å². The van der Waals surface area contributed by atoms with Crippen molar-refractivity contribution < 1.29 is 4.74 Å². The van der Waals surface area contributed by atoms with E-state index in [1.54, 1.807) is 23.5 Å². The predicted molar refractivity (Wildman–Crippen MR) is 64.7 cm³/mol. The molecule has 0 spiro atoms. The molecule has 0 radical (unpaired) electrons. The summed E-state index contributed by atoms with van der Waals surface area (Å²) in [6.45, 7) is 0.644. The molecular formula is C13H11NOS. The summed E-state index contributed by atoms with van der Waals surface area (Å²) in [5.41, 5.74) is 1.93. The zero-order valence-electron chi connectivity index (χ0n) is 8.72. The van der Waals surface area contributed by atoms with Crippen LogP contribution in [-0.2, 0) is 6.42 Å². The third kappa shape index (κ3) is 2.85. The van der Waals surface area contributed by atoms with Gasteiger partial charge in [0, 0.05) is 6.42 Å². The Bertz CT molecular complexity index is 485. The summed E-state index contributed by atoms with van der Waals surface area (Å²) in [6, 6.07) is 11.4. The zero-order valence-corrected chi connectivity index (χ0v) is 9.54. The Morgan fingerprint density at radius 1 is 1.31 bits per heavy atom. The Labute approximate surface area is 98.7 Å². The molecule has 0 amide bonds. The van der Waals surface area contributed by atoms with Gasteiger partial charge in [-0.1, -0.05) is 6.07 Å². The van der Waals surface area contributed by atoms with Crippen molar-refractivity contribution in [3.8, 4) is 11.8 Å². The van der Waals surface area contributed by atoms with Crippen molar-refractivity contribution in [2.45, 2.75) is 6.42 Å². The topological polar surface area (TPSA) is 33.0 Å². The van der Waals surface area contributed by atoms with Crippen LogP contribution in [0.4, 0.5) is 0 Å². The number of hydrogen-bond donors (Lipinski definition) is 0. The SMILES string of the molecule is N#Cc1cccc(OCCc2ccsc2)c1. The Hall–Kier alpha value is -1.79. The van der Waals surface area contributed by atoms with Gasteiger partial charge in [0.25, 0.3) is 0 Å². The normalized spacial score (nSPS) is 9.69. The monoisotopic (exact) mass is 229 g/mol. The molecule has 0 saturated heterocycles. The zero-order chi connectivity index (χ0) is 11.2. The lowest BCUT2D eigenvalue weighted by atomic mass is 10.2. The molecule has 0 unspecified atom stereocenters. The van der Waals surface area contributed by atoms with Gasteiger partial charge in [-0.25, -0.2) is 0 Å². The van der Waals surface area contributed by atoms with Crippen molar-refractivity contribution in [2.24, 2.45) is 0 Å². The maximum Gasteiger partial charge on any atom is 0.120 e. The molecule has 3 heteroatoms. The van der Waals surface area contributed by atoms with Crippen LogP contribution in [0.1, 0.15) is 11.1 Å². The molecule has 16 heavy (non-hydrogen) atoms. The molecule has 0 bridgehead atoms. The number of benzene rings is 1. The lowest BCUT2D eigenvalue weighted by molar-refractivity contribution is 0.322. The molecule has 0 aliphatic carbocycles. The first kappa shape index (κ1) is 10.7. The van der Waals surface area contributed by atoms with E-state index in [4.69, 9.17) is 10.00 Å². The van der Waals surface area contributed by atoms with E-state index in [9.17, 15) is 0 Å². The van der Waals surface area contributed by atoms with Crippen LogP contribution in [0, 0.1) is 11.3 Å². The number of nitrogens with zero attached hydrogens (tertiary/aromatic N) is 1. The summed E-state index contributed by atoms with van der Waals surface area (Å²) in [5.74, 6) is 0.759. The maximum absolute atomic E-state index is 8.73. The average Bonchev–Trinajstić information content (AvgIpc) is 2.82. The average molecular weight is 229 g/mol. The lowest BCUT2D eigenvalue weighted by Gasteiger charge is -2.05. The highest BCUT2D eigenvalue weighted by molar-refractivity contribution is 7.07. The van der Waals surface area contributed by atoms with Crippen LogP contribution < -0.4 is 4.74 Å². The predicted octanol–water partition coefficient (Wildman–Crippen LogP) is 3.24. The van der Waals surface area contributed by atoms with Gasteiger partial charge in [-0.2, -0.15) is 16.6 Å². The molecule has 2 nitrogen and oxygen atoms in total. The third-order valence-corrected chi connectivity index (χ3v) is 2.93. The minimum absolute atomic E-state index is 0.632. The van der Waals surface area contributed by atoms with Crippen LogP contribution in [0.5, 0.6) is 5.75 Å². The number of nitriles is 1. The fraction of sp³-hybridized carbons (Fsp3) is 0.154. The van der Waals surface area contributed by atoms with Gasteiger partial charge in [0.2, 0.25) is 0 Å². The number of ether oxygens (including phenoxy) is 1. The van der Waals surface area contributed by atoms with Gasteiger partial charge in [0.1, 0.15) is 5.75 Å². The highest BCUT2D eigenvalue weighted by Gasteiger charge is 1.97. The fourth-order valence-corrected chi connectivity index (χ4v) is 2.08. The van der Waals surface area contributed by atoms with E-state index in [1.807, 2.05) is 12.1 Å². The van der Waals surface area contributed by atoms with Gasteiger partial charge < -0.3 is 4.74 Å². The van der Waals surface area contributed by atoms with Crippen LogP contribution in [0.2, 0.25) is 0 Å². The van der Waals surface area contributed by atoms with Gasteiger partial charge in [-0.3, -0.25) is 0 Å². The molecule has 1 heterocycles. The summed E-state index contributed by atoms with van der Waals surface area (Å²) in [6.07, 6.45) is 0.903. The van der Waals surface area contributed by atoms with E-state index in [-0.39, 0.29) is 0 Å². The third-order valence-electron chi connectivity index (χ3n) is 2.20.